The Hall–Kier alpha value is -2.47. The number of para-hydroxylation sites is 1. The minimum Gasteiger partial charge on any atom is -0.350 e. The van der Waals surface area contributed by atoms with Crippen molar-refractivity contribution in [2.75, 3.05) is 4.90 Å². The summed E-state index contributed by atoms with van der Waals surface area (Å²) < 4.78 is 0. The van der Waals surface area contributed by atoms with Crippen LogP contribution in [0.3, 0.4) is 0 Å². The van der Waals surface area contributed by atoms with E-state index in [1.807, 2.05) is 35.7 Å². The lowest BCUT2D eigenvalue weighted by Gasteiger charge is -2.26. The Balaban J connectivity index is 1.63. The molecule has 1 N–H and O–H groups in total. The summed E-state index contributed by atoms with van der Waals surface area (Å²) in [6, 6.07) is 9.69. The second-order valence-corrected chi connectivity index (χ2v) is 7.88. The minimum atomic E-state index is -0.102. The molecule has 6 heteroatoms. The summed E-state index contributed by atoms with van der Waals surface area (Å²) in [4.78, 5) is 30.3. The summed E-state index contributed by atoms with van der Waals surface area (Å²) in [5, 5.41) is 5.51. The van der Waals surface area contributed by atoms with Gasteiger partial charge in [-0.15, -0.1) is 11.3 Å². The van der Waals surface area contributed by atoms with Gasteiger partial charge in [-0.05, 0) is 49.8 Å². The van der Waals surface area contributed by atoms with Crippen LogP contribution >= 0.6 is 11.3 Å². The number of amides is 2. The second-order valence-electron chi connectivity index (χ2n) is 7.04. The highest BCUT2D eigenvalue weighted by Crippen LogP contribution is 2.29. The molecule has 0 aliphatic heterocycles. The highest BCUT2D eigenvalue weighted by atomic mass is 32.1. The van der Waals surface area contributed by atoms with Crippen molar-refractivity contribution in [3.8, 4) is 0 Å². The predicted molar refractivity (Wildman–Crippen MR) is 110 cm³/mol. The van der Waals surface area contributed by atoms with Crippen molar-refractivity contribution in [1.82, 2.24) is 10.3 Å². The number of hydrogen-bond acceptors (Lipinski definition) is 4. The first-order chi connectivity index (χ1) is 13.0. The van der Waals surface area contributed by atoms with Crippen molar-refractivity contribution in [2.45, 2.75) is 45.6 Å². The molecule has 142 valence electrons. The molecule has 0 radical (unpaired) electrons. The highest BCUT2D eigenvalue weighted by molar-refractivity contribution is 7.14. The molecular weight excluding hydrogens is 358 g/mol. The fraction of sp³-hybridized carbons (Fsp3) is 0.381. The number of nitrogens with zero attached hydrogens (tertiary/aromatic N) is 2. The zero-order valence-electron chi connectivity index (χ0n) is 15.7. The van der Waals surface area contributed by atoms with Gasteiger partial charge in [0.1, 0.15) is 0 Å². The molecule has 1 fully saturated rings. The van der Waals surface area contributed by atoms with Gasteiger partial charge in [-0.3, -0.25) is 14.5 Å². The largest absolute Gasteiger partial charge is 0.350 e. The average molecular weight is 384 g/mol. The van der Waals surface area contributed by atoms with Gasteiger partial charge in [-0.2, -0.15) is 0 Å². The standard InChI is InChI=1S/C21H25N3O2S/c1-15-8-10-17(11-9-15)22-20(26)13-12-18-14-27-21(23-18)24(16(2)25)19-6-4-3-5-7-19/h3-7,12-15,17H,8-11H2,1-2H3,(H,22,26). The van der Waals surface area contributed by atoms with E-state index in [-0.39, 0.29) is 17.9 Å². The molecule has 1 aliphatic carbocycles. The topological polar surface area (TPSA) is 62.3 Å². The molecule has 0 atom stereocenters. The number of rotatable bonds is 5. The van der Waals surface area contributed by atoms with Gasteiger partial charge in [-0.25, -0.2) is 4.98 Å². The van der Waals surface area contributed by atoms with Gasteiger partial charge in [0.2, 0.25) is 11.8 Å². The Morgan fingerprint density at radius 3 is 2.56 bits per heavy atom. The number of carbonyl (C=O) groups excluding carboxylic acids is 2. The van der Waals surface area contributed by atoms with E-state index in [0.717, 1.165) is 24.4 Å². The van der Waals surface area contributed by atoms with Crippen molar-refractivity contribution in [1.29, 1.82) is 0 Å². The van der Waals surface area contributed by atoms with Crippen LogP contribution in [0, 0.1) is 5.92 Å². The molecule has 0 spiro atoms. The number of thiazole rings is 1. The zero-order valence-corrected chi connectivity index (χ0v) is 16.5. The Morgan fingerprint density at radius 1 is 1.19 bits per heavy atom. The average Bonchev–Trinajstić information content (AvgIpc) is 3.11. The van der Waals surface area contributed by atoms with Crippen LogP contribution in [0.1, 0.15) is 45.2 Å². The van der Waals surface area contributed by atoms with Gasteiger partial charge in [0.25, 0.3) is 0 Å². The fourth-order valence-corrected chi connectivity index (χ4v) is 4.13. The molecular formula is C21H25N3O2S. The van der Waals surface area contributed by atoms with Crippen LogP contribution in [-0.4, -0.2) is 22.8 Å². The van der Waals surface area contributed by atoms with Gasteiger partial charge in [0.15, 0.2) is 5.13 Å². The highest BCUT2D eigenvalue weighted by Gasteiger charge is 2.19. The maximum Gasteiger partial charge on any atom is 0.244 e. The third-order valence-electron chi connectivity index (χ3n) is 4.80. The fourth-order valence-electron chi connectivity index (χ4n) is 3.27. The zero-order chi connectivity index (χ0) is 19.2. The molecule has 5 nitrogen and oxygen atoms in total. The van der Waals surface area contributed by atoms with Crippen LogP contribution in [0.2, 0.25) is 0 Å². The Kier molecular flexibility index (Phi) is 6.40. The third kappa shape index (κ3) is 5.26. The van der Waals surface area contributed by atoms with Crippen LogP contribution in [0.5, 0.6) is 0 Å². The lowest BCUT2D eigenvalue weighted by atomic mass is 9.87. The van der Waals surface area contributed by atoms with E-state index in [4.69, 9.17) is 0 Å². The monoisotopic (exact) mass is 383 g/mol. The van der Waals surface area contributed by atoms with E-state index in [1.54, 1.807) is 11.0 Å². The Morgan fingerprint density at radius 2 is 1.89 bits per heavy atom. The second kappa shape index (κ2) is 8.95. The number of aromatic nitrogens is 1. The van der Waals surface area contributed by atoms with E-state index in [9.17, 15) is 9.59 Å². The van der Waals surface area contributed by atoms with E-state index in [1.165, 1.54) is 37.2 Å². The number of carbonyl (C=O) groups is 2. The van der Waals surface area contributed by atoms with E-state index >= 15 is 0 Å². The summed E-state index contributed by atoms with van der Waals surface area (Å²) in [5.41, 5.74) is 1.45. The van der Waals surface area contributed by atoms with Crippen LogP contribution < -0.4 is 10.2 Å². The normalized spacial score (nSPS) is 19.8. The first kappa shape index (κ1) is 19.3. The molecule has 0 unspecified atom stereocenters. The first-order valence-corrected chi connectivity index (χ1v) is 10.2. The summed E-state index contributed by atoms with van der Waals surface area (Å²) in [5.74, 6) is 0.571. The number of hydrogen-bond donors (Lipinski definition) is 1. The van der Waals surface area contributed by atoms with E-state index in [2.05, 4.69) is 17.2 Å². The van der Waals surface area contributed by atoms with Crippen LogP contribution in [0.4, 0.5) is 10.8 Å². The van der Waals surface area contributed by atoms with E-state index < -0.39 is 0 Å². The van der Waals surface area contributed by atoms with Crippen molar-refractivity contribution in [2.24, 2.45) is 5.92 Å². The molecule has 1 aliphatic rings. The van der Waals surface area contributed by atoms with Crippen molar-refractivity contribution >= 4 is 40.0 Å². The van der Waals surface area contributed by atoms with Crippen LogP contribution in [0.25, 0.3) is 6.08 Å². The molecule has 1 aromatic heterocycles. The number of anilines is 2. The van der Waals surface area contributed by atoms with E-state index in [0.29, 0.717) is 10.8 Å². The quantitative estimate of drug-likeness (QED) is 0.771. The van der Waals surface area contributed by atoms with Gasteiger partial charge in [-0.1, -0.05) is 25.1 Å². The summed E-state index contributed by atoms with van der Waals surface area (Å²) in [6.45, 7) is 3.78. The molecule has 3 rings (SSSR count). The summed E-state index contributed by atoms with van der Waals surface area (Å²) in [7, 11) is 0. The molecule has 0 saturated heterocycles. The SMILES string of the molecule is CC(=O)N(c1ccccc1)c1nc(C=CC(=O)NC2CCC(C)CC2)cs1. The summed E-state index contributed by atoms with van der Waals surface area (Å²) >= 11 is 1.38. The lowest BCUT2D eigenvalue weighted by molar-refractivity contribution is -0.117. The number of benzene rings is 1. The van der Waals surface area contributed by atoms with Crippen molar-refractivity contribution in [3.63, 3.8) is 0 Å². The molecule has 2 aromatic rings. The molecule has 1 aromatic carbocycles. The first-order valence-electron chi connectivity index (χ1n) is 9.33. The molecule has 0 bridgehead atoms. The maximum absolute atomic E-state index is 12.1. The molecule has 1 saturated carbocycles. The van der Waals surface area contributed by atoms with Crippen molar-refractivity contribution in [3.05, 3.63) is 47.5 Å². The molecule has 1 heterocycles. The van der Waals surface area contributed by atoms with Gasteiger partial charge >= 0.3 is 0 Å². The third-order valence-corrected chi connectivity index (χ3v) is 5.64. The Labute approximate surface area is 164 Å². The van der Waals surface area contributed by atoms with Gasteiger partial charge < -0.3 is 5.32 Å². The van der Waals surface area contributed by atoms with Gasteiger partial charge in [0.05, 0.1) is 11.4 Å². The Bertz CT molecular complexity index is 808. The minimum absolute atomic E-state index is 0.0874. The maximum atomic E-state index is 12.1. The van der Waals surface area contributed by atoms with Crippen LogP contribution in [0.15, 0.2) is 41.8 Å². The number of nitrogens with one attached hydrogen (secondary N) is 1. The lowest BCUT2D eigenvalue weighted by Crippen LogP contribution is -2.36. The van der Waals surface area contributed by atoms with Crippen molar-refractivity contribution < 1.29 is 9.59 Å². The predicted octanol–water partition coefficient (Wildman–Crippen LogP) is 4.54. The van der Waals surface area contributed by atoms with Crippen LogP contribution in [-0.2, 0) is 9.59 Å². The smallest absolute Gasteiger partial charge is 0.244 e. The molecule has 2 amide bonds. The molecule has 27 heavy (non-hydrogen) atoms. The van der Waals surface area contributed by atoms with Gasteiger partial charge in [0, 0.05) is 24.4 Å². The summed E-state index contributed by atoms with van der Waals surface area (Å²) in [6.07, 6.45) is 7.66.